The molecule has 2 aromatic carbocycles. The Kier molecular flexibility index (Phi) is 6.80. The molecule has 1 N–H and O–H groups in total. The Labute approximate surface area is 160 Å². The molecule has 27 heavy (non-hydrogen) atoms. The van der Waals surface area contributed by atoms with Crippen molar-refractivity contribution < 1.29 is 9.53 Å². The van der Waals surface area contributed by atoms with Gasteiger partial charge in [0.05, 0.1) is 6.61 Å². The van der Waals surface area contributed by atoms with Gasteiger partial charge in [-0.1, -0.05) is 48.0 Å². The highest BCUT2D eigenvalue weighted by Crippen LogP contribution is 2.22. The van der Waals surface area contributed by atoms with E-state index in [9.17, 15) is 4.79 Å². The first kappa shape index (κ1) is 18.9. The van der Waals surface area contributed by atoms with Crippen molar-refractivity contribution in [1.29, 1.82) is 0 Å². The number of carbonyl (C=O) groups is 1. The zero-order valence-electron chi connectivity index (χ0n) is 15.8. The van der Waals surface area contributed by atoms with Crippen molar-refractivity contribution in [3.05, 3.63) is 71.9 Å². The predicted molar refractivity (Wildman–Crippen MR) is 109 cm³/mol. The van der Waals surface area contributed by atoms with Gasteiger partial charge < -0.3 is 10.1 Å². The van der Waals surface area contributed by atoms with Gasteiger partial charge >= 0.3 is 0 Å². The summed E-state index contributed by atoms with van der Waals surface area (Å²) < 4.78 is 5.84. The molecule has 0 aliphatic heterocycles. The molecule has 1 heterocycles. The highest BCUT2D eigenvalue weighted by atomic mass is 16.5. The van der Waals surface area contributed by atoms with Crippen LogP contribution in [-0.4, -0.2) is 24.0 Å². The van der Waals surface area contributed by atoms with Crippen molar-refractivity contribution in [3.63, 3.8) is 0 Å². The Morgan fingerprint density at radius 3 is 2.70 bits per heavy atom. The molecule has 0 fully saturated rings. The Morgan fingerprint density at radius 2 is 1.85 bits per heavy atom. The average Bonchev–Trinajstić information content (AvgIpc) is 2.69. The maximum atomic E-state index is 11.9. The number of hydrogen-bond acceptors (Lipinski definition) is 3. The molecule has 0 unspecified atom stereocenters. The molecular formula is C23H26N2O2. The predicted octanol–water partition coefficient (Wildman–Crippen LogP) is 4.45. The monoisotopic (exact) mass is 362 g/mol. The number of para-hydroxylation sites is 1. The van der Waals surface area contributed by atoms with Gasteiger partial charge in [-0.05, 0) is 43.9 Å². The minimum absolute atomic E-state index is 0.105. The molecule has 0 saturated carbocycles. The van der Waals surface area contributed by atoms with E-state index in [1.54, 1.807) is 6.20 Å². The van der Waals surface area contributed by atoms with Crippen molar-refractivity contribution in [2.45, 2.75) is 32.6 Å². The third-order valence-electron chi connectivity index (χ3n) is 4.49. The molecule has 0 atom stereocenters. The molecule has 0 aliphatic carbocycles. The molecule has 4 heteroatoms. The molecule has 0 bridgehead atoms. The fourth-order valence-electron chi connectivity index (χ4n) is 2.97. The molecule has 0 radical (unpaired) electrons. The third kappa shape index (κ3) is 5.81. The summed E-state index contributed by atoms with van der Waals surface area (Å²) in [4.78, 5) is 16.3. The number of fused-ring (bicyclic) bond motifs is 1. The second-order valence-electron chi connectivity index (χ2n) is 6.72. The zero-order chi connectivity index (χ0) is 18.9. The molecule has 4 nitrogen and oxygen atoms in total. The lowest BCUT2D eigenvalue weighted by molar-refractivity contribution is -0.121. The Morgan fingerprint density at radius 1 is 1.04 bits per heavy atom. The van der Waals surface area contributed by atoms with E-state index in [-0.39, 0.29) is 5.91 Å². The number of nitrogens with one attached hydrogen (secondary N) is 1. The van der Waals surface area contributed by atoms with E-state index in [0.29, 0.717) is 19.6 Å². The van der Waals surface area contributed by atoms with Crippen LogP contribution in [0.4, 0.5) is 0 Å². The number of ether oxygens (including phenoxy) is 1. The molecular weight excluding hydrogens is 336 g/mol. The van der Waals surface area contributed by atoms with Gasteiger partial charge in [0, 0.05) is 24.5 Å². The molecule has 0 saturated heterocycles. The molecule has 140 valence electrons. The first-order valence-corrected chi connectivity index (χ1v) is 9.51. The van der Waals surface area contributed by atoms with Crippen molar-refractivity contribution in [2.24, 2.45) is 0 Å². The lowest BCUT2D eigenvalue weighted by atomic mass is 10.1. The number of nitrogens with zero attached hydrogens (tertiary/aromatic N) is 1. The second kappa shape index (κ2) is 9.72. The van der Waals surface area contributed by atoms with Gasteiger partial charge in [0.25, 0.3) is 0 Å². The van der Waals surface area contributed by atoms with Gasteiger partial charge in [0.15, 0.2) is 0 Å². The fourth-order valence-corrected chi connectivity index (χ4v) is 2.97. The summed E-state index contributed by atoms with van der Waals surface area (Å²) in [7, 11) is 0. The number of hydrogen-bond donors (Lipinski definition) is 1. The summed E-state index contributed by atoms with van der Waals surface area (Å²) in [5, 5.41) is 4.03. The largest absolute Gasteiger partial charge is 0.491 e. The maximum Gasteiger partial charge on any atom is 0.220 e. The quantitative estimate of drug-likeness (QED) is 0.572. The second-order valence-corrected chi connectivity index (χ2v) is 6.72. The van der Waals surface area contributed by atoms with Gasteiger partial charge in [-0.2, -0.15) is 0 Å². The topological polar surface area (TPSA) is 51.2 Å². The van der Waals surface area contributed by atoms with Crippen LogP contribution in [0.3, 0.4) is 0 Å². The number of pyridine rings is 1. The summed E-state index contributed by atoms with van der Waals surface area (Å²) >= 11 is 0. The van der Waals surface area contributed by atoms with E-state index in [4.69, 9.17) is 4.74 Å². The Bertz CT molecular complexity index is 870. The first-order chi connectivity index (χ1) is 13.2. The third-order valence-corrected chi connectivity index (χ3v) is 4.49. The normalized spacial score (nSPS) is 10.7. The van der Waals surface area contributed by atoms with E-state index in [0.717, 1.165) is 35.9 Å². The van der Waals surface area contributed by atoms with Crippen LogP contribution in [0.1, 0.15) is 30.4 Å². The number of carbonyl (C=O) groups excluding carboxylic acids is 1. The number of aromatic nitrogens is 1. The highest BCUT2D eigenvalue weighted by molar-refractivity contribution is 5.84. The summed E-state index contributed by atoms with van der Waals surface area (Å²) in [6.07, 6.45) is 4.90. The van der Waals surface area contributed by atoms with Crippen LogP contribution < -0.4 is 10.1 Å². The van der Waals surface area contributed by atoms with Crippen LogP contribution in [0.25, 0.3) is 10.9 Å². The number of benzene rings is 2. The molecule has 1 aromatic heterocycles. The first-order valence-electron chi connectivity index (χ1n) is 9.51. The van der Waals surface area contributed by atoms with Gasteiger partial charge in [0.2, 0.25) is 5.91 Å². The average molecular weight is 362 g/mol. The number of amides is 1. The minimum Gasteiger partial charge on any atom is -0.491 e. The molecule has 3 rings (SSSR count). The Hall–Kier alpha value is -2.88. The summed E-state index contributed by atoms with van der Waals surface area (Å²) in [5.74, 6) is 0.895. The van der Waals surface area contributed by atoms with Crippen LogP contribution in [0, 0.1) is 6.92 Å². The Balaban J connectivity index is 1.31. The maximum absolute atomic E-state index is 11.9. The van der Waals surface area contributed by atoms with E-state index >= 15 is 0 Å². The van der Waals surface area contributed by atoms with E-state index in [2.05, 4.69) is 41.5 Å². The standard InChI is InChI=1S/C23H26N2O2/c1-18-11-13-19(14-12-18)6-2-10-22(26)24-16-5-17-27-21-9-3-7-20-8-4-15-25-23(20)21/h3-4,7-9,11-15H,2,5-6,10,16-17H2,1H3,(H,24,26). The smallest absolute Gasteiger partial charge is 0.220 e. The van der Waals surface area contributed by atoms with Crippen molar-refractivity contribution in [3.8, 4) is 5.75 Å². The number of rotatable bonds is 9. The van der Waals surface area contributed by atoms with Crippen molar-refractivity contribution in [1.82, 2.24) is 10.3 Å². The lowest BCUT2D eigenvalue weighted by Crippen LogP contribution is -2.25. The summed E-state index contributed by atoms with van der Waals surface area (Å²) in [5.41, 5.74) is 3.42. The van der Waals surface area contributed by atoms with Gasteiger partial charge in [-0.25, -0.2) is 0 Å². The van der Waals surface area contributed by atoms with Gasteiger partial charge in [-0.3, -0.25) is 9.78 Å². The van der Waals surface area contributed by atoms with E-state index in [1.165, 1.54) is 11.1 Å². The van der Waals surface area contributed by atoms with E-state index in [1.807, 2.05) is 30.3 Å². The fraction of sp³-hybridized carbons (Fsp3) is 0.304. The SMILES string of the molecule is Cc1ccc(CCCC(=O)NCCCOc2cccc3cccnc23)cc1. The van der Waals surface area contributed by atoms with Crippen LogP contribution in [0.5, 0.6) is 5.75 Å². The highest BCUT2D eigenvalue weighted by Gasteiger charge is 2.04. The zero-order valence-corrected chi connectivity index (χ0v) is 15.8. The molecule has 1 amide bonds. The molecule has 0 spiro atoms. The number of aryl methyl sites for hydroxylation is 2. The van der Waals surface area contributed by atoms with Gasteiger partial charge in [-0.15, -0.1) is 0 Å². The summed E-state index contributed by atoms with van der Waals surface area (Å²) in [6.45, 7) is 3.26. The van der Waals surface area contributed by atoms with Crippen LogP contribution in [0.2, 0.25) is 0 Å². The lowest BCUT2D eigenvalue weighted by Gasteiger charge is -2.09. The van der Waals surface area contributed by atoms with Gasteiger partial charge in [0.1, 0.15) is 11.3 Å². The molecule has 0 aliphatic rings. The van der Waals surface area contributed by atoms with E-state index < -0.39 is 0 Å². The van der Waals surface area contributed by atoms with Crippen LogP contribution in [-0.2, 0) is 11.2 Å². The minimum atomic E-state index is 0.105. The summed E-state index contributed by atoms with van der Waals surface area (Å²) in [6, 6.07) is 18.3. The van der Waals surface area contributed by atoms with Crippen LogP contribution >= 0.6 is 0 Å². The van der Waals surface area contributed by atoms with Crippen LogP contribution in [0.15, 0.2) is 60.8 Å². The van der Waals surface area contributed by atoms with Crippen molar-refractivity contribution in [2.75, 3.05) is 13.2 Å². The van der Waals surface area contributed by atoms with Crippen molar-refractivity contribution >= 4 is 16.8 Å². The molecule has 3 aromatic rings.